The van der Waals surface area contributed by atoms with Gasteiger partial charge in [0.1, 0.15) is 0 Å². The lowest BCUT2D eigenvalue weighted by Crippen LogP contribution is -2.50. The molecular formula is C25H27F6NO2S. The van der Waals surface area contributed by atoms with Crippen LogP contribution >= 0.6 is 11.8 Å². The molecule has 0 bridgehead atoms. The predicted molar refractivity (Wildman–Crippen MR) is 122 cm³/mol. The van der Waals surface area contributed by atoms with E-state index in [9.17, 15) is 26.3 Å². The van der Waals surface area contributed by atoms with Gasteiger partial charge in [0.15, 0.2) is 6.29 Å². The highest BCUT2D eigenvalue weighted by molar-refractivity contribution is 7.99. The van der Waals surface area contributed by atoms with Crippen molar-refractivity contribution in [1.82, 2.24) is 5.32 Å². The third kappa shape index (κ3) is 6.34. The van der Waals surface area contributed by atoms with Crippen molar-refractivity contribution in [3.05, 3.63) is 70.8 Å². The van der Waals surface area contributed by atoms with Gasteiger partial charge in [-0.25, -0.2) is 0 Å². The molecule has 5 atom stereocenters. The van der Waals surface area contributed by atoms with Crippen LogP contribution in [0.2, 0.25) is 0 Å². The Morgan fingerprint density at radius 1 is 1.00 bits per heavy atom. The minimum atomic E-state index is -4.92. The van der Waals surface area contributed by atoms with Crippen LogP contribution in [0, 0.1) is 5.92 Å². The molecule has 35 heavy (non-hydrogen) atoms. The second kappa shape index (κ2) is 10.7. The van der Waals surface area contributed by atoms with Crippen molar-refractivity contribution in [3.8, 4) is 0 Å². The zero-order valence-electron chi connectivity index (χ0n) is 19.0. The molecule has 2 saturated heterocycles. The molecule has 0 spiro atoms. The summed E-state index contributed by atoms with van der Waals surface area (Å²) in [6, 6.07) is 11.4. The normalized spacial score (nSPS) is 26.9. The number of rotatable bonds is 5. The van der Waals surface area contributed by atoms with Crippen molar-refractivity contribution < 1.29 is 35.8 Å². The van der Waals surface area contributed by atoms with Crippen LogP contribution in [0.15, 0.2) is 48.5 Å². The maximum atomic E-state index is 13.4. The molecule has 2 aromatic rings. The molecule has 4 rings (SSSR count). The molecule has 2 aromatic carbocycles. The zero-order chi connectivity index (χ0) is 25.2. The zero-order valence-corrected chi connectivity index (χ0v) is 19.9. The SMILES string of the molecule is C[C@@H](O[C@H]1OCCC(C2CSCCN2)[C@H]1c1ccccc1)c1cc(C(F)(F)F)cc(C(F)(F)F)c1. The van der Waals surface area contributed by atoms with Crippen LogP contribution in [0.4, 0.5) is 26.3 Å². The largest absolute Gasteiger partial charge is 0.416 e. The molecule has 2 unspecified atom stereocenters. The Hall–Kier alpha value is -1.75. The minimum absolute atomic E-state index is 0.128. The smallest absolute Gasteiger partial charge is 0.352 e. The lowest BCUT2D eigenvalue weighted by Gasteiger charge is -2.44. The second-order valence-corrected chi connectivity index (χ2v) is 10.0. The van der Waals surface area contributed by atoms with Gasteiger partial charge in [0.2, 0.25) is 0 Å². The molecular weight excluding hydrogens is 492 g/mol. The van der Waals surface area contributed by atoms with E-state index in [-0.39, 0.29) is 29.5 Å². The number of nitrogens with one attached hydrogen (secondary N) is 1. The van der Waals surface area contributed by atoms with E-state index in [1.807, 2.05) is 42.1 Å². The molecule has 0 radical (unpaired) electrons. The van der Waals surface area contributed by atoms with Gasteiger partial charge in [0.05, 0.1) is 23.8 Å². The Balaban J connectivity index is 1.64. The van der Waals surface area contributed by atoms with Crippen LogP contribution in [0.3, 0.4) is 0 Å². The van der Waals surface area contributed by atoms with E-state index in [4.69, 9.17) is 9.47 Å². The average Bonchev–Trinajstić information content (AvgIpc) is 2.83. The van der Waals surface area contributed by atoms with Crippen molar-refractivity contribution in [2.45, 2.75) is 50.1 Å². The second-order valence-electron chi connectivity index (χ2n) is 8.88. The quantitative estimate of drug-likeness (QED) is 0.448. The highest BCUT2D eigenvalue weighted by Gasteiger charge is 2.42. The van der Waals surface area contributed by atoms with E-state index in [0.29, 0.717) is 6.61 Å². The highest BCUT2D eigenvalue weighted by Crippen LogP contribution is 2.43. The van der Waals surface area contributed by atoms with E-state index in [1.165, 1.54) is 6.92 Å². The number of benzene rings is 2. The Morgan fingerprint density at radius 3 is 2.23 bits per heavy atom. The van der Waals surface area contributed by atoms with E-state index in [1.54, 1.807) is 0 Å². The van der Waals surface area contributed by atoms with Gasteiger partial charge in [-0.05, 0) is 48.6 Å². The summed E-state index contributed by atoms with van der Waals surface area (Å²) in [4.78, 5) is 0. The van der Waals surface area contributed by atoms with Crippen LogP contribution < -0.4 is 5.32 Å². The predicted octanol–water partition coefficient (Wildman–Crippen LogP) is 6.65. The van der Waals surface area contributed by atoms with Crippen molar-refractivity contribution >= 4 is 11.8 Å². The van der Waals surface area contributed by atoms with Crippen LogP contribution in [0.25, 0.3) is 0 Å². The first-order valence-corrected chi connectivity index (χ1v) is 12.6. The van der Waals surface area contributed by atoms with E-state index >= 15 is 0 Å². The first kappa shape index (κ1) is 26.3. The van der Waals surface area contributed by atoms with Gasteiger partial charge in [-0.1, -0.05) is 30.3 Å². The summed E-state index contributed by atoms with van der Waals surface area (Å²) < 4.78 is 92.2. The summed E-state index contributed by atoms with van der Waals surface area (Å²) in [7, 11) is 0. The lowest BCUT2D eigenvalue weighted by atomic mass is 9.77. The van der Waals surface area contributed by atoms with Gasteiger partial charge in [0, 0.05) is 30.0 Å². The van der Waals surface area contributed by atoms with E-state index < -0.39 is 35.9 Å². The molecule has 2 aliphatic rings. The Bertz CT molecular complexity index is 946. The third-order valence-electron chi connectivity index (χ3n) is 6.56. The van der Waals surface area contributed by atoms with Crippen molar-refractivity contribution in [3.63, 3.8) is 0 Å². The van der Waals surface area contributed by atoms with Crippen LogP contribution in [-0.4, -0.2) is 37.0 Å². The summed E-state index contributed by atoms with van der Waals surface area (Å²) in [5.74, 6) is 1.85. The molecule has 10 heteroatoms. The number of alkyl halides is 6. The maximum absolute atomic E-state index is 13.4. The standard InChI is InChI=1S/C25H27F6NO2S/c1-15(17-11-18(24(26,27)28)13-19(12-17)25(29,30)31)34-23-22(16-5-3-2-4-6-16)20(7-9-33-23)21-14-35-10-8-32-21/h2-6,11-13,15,20-23,32H,7-10,14H2,1H3/t15-,20?,21?,22-,23-/m1/s1. The summed E-state index contributed by atoms with van der Waals surface area (Å²) in [5.41, 5.74) is -1.95. The molecule has 0 amide bonds. The average molecular weight is 520 g/mol. The molecule has 0 aromatic heterocycles. The van der Waals surface area contributed by atoms with Crippen LogP contribution in [0.1, 0.15) is 47.6 Å². The van der Waals surface area contributed by atoms with Gasteiger partial charge in [-0.3, -0.25) is 0 Å². The third-order valence-corrected chi connectivity index (χ3v) is 7.64. The van der Waals surface area contributed by atoms with Gasteiger partial charge < -0.3 is 14.8 Å². The molecule has 2 heterocycles. The summed E-state index contributed by atoms with van der Waals surface area (Å²) in [6.07, 6.45) is -10.9. The summed E-state index contributed by atoms with van der Waals surface area (Å²) in [5, 5.41) is 3.56. The maximum Gasteiger partial charge on any atom is 0.416 e. The monoisotopic (exact) mass is 519 g/mol. The number of hydrogen-bond acceptors (Lipinski definition) is 4. The fourth-order valence-electron chi connectivity index (χ4n) is 4.81. The molecule has 2 fully saturated rings. The molecule has 0 saturated carbocycles. The topological polar surface area (TPSA) is 30.5 Å². The molecule has 0 aliphatic carbocycles. The fourth-order valence-corrected chi connectivity index (χ4v) is 5.86. The van der Waals surface area contributed by atoms with Crippen molar-refractivity contribution in [2.24, 2.45) is 5.92 Å². The van der Waals surface area contributed by atoms with Crippen LogP contribution in [-0.2, 0) is 21.8 Å². The number of halogens is 6. The highest BCUT2D eigenvalue weighted by atomic mass is 32.2. The number of ether oxygens (including phenoxy) is 2. The first-order chi connectivity index (χ1) is 16.5. The van der Waals surface area contributed by atoms with E-state index in [0.717, 1.165) is 42.2 Å². The fraction of sp³-hybridized carbons (Fsp3) is 0.520. The summed E-state index contributed by atoms with van der Waals surface area (Å²) >= 11 is 1.86. The summed E-state index contributed by atoms with van der Waals surface area (Å²) in [6.45, 7) is 2.73. The Morgan fingerprint density at radius 2 is 1.66 bits per heavy atom. The number of thioether (sulfide) groups is 1. The Labute approximate surface area is 204 Å². The molecule has 192 valence electrons. The van der Waals surface area contributed by atoms with E-state index in [2.05, 4.69) is 5.32 Å². The van der Waals surface area contributed by atoms with Gasteiger partial charge in [0.25, 0.3) is 0 Å². The molecule has 2 aliphatic heterocycles. The van der Waals surface area contributed by atoms with Gasteiger partial charge >= 0.3 is 12.4 Å². The van der Waals surface area contributed by atoms with Gasteiger partial charge in [-0.2, -0.15) is 38.1 Å². The molecule has 1 N–H and O–H groups in total. The first-order valence-electron chi connectivity index (χ1n) is 11.5. The Kier molecular flexibility index (Phi) is 8.05. The van der Waals surface area contributed by atoms with Crippen LogP contribution in [0.5, 0.6) is 0 Å². The van der Waals surface area contributed by atoms with Gasteiger partial charge in [-0.15, -0.1) is 0 Å². The number of hydrogen-bond donors (Lipinski definition) is 1. The lowest BCUT2D eigenvalue weighted by molar-refractivity contribution is -0.211. The van der Waals surface area contributed by atoms with Crippen molar-refractivity contribution in [1.29, 1.82) is 0 Å². The van der Waals surface area contributed by atoms with Crippen molar-refractivity contribution in [2.75, 3.05) is 24.7 Å². The minimum Gasteiger partial charge on any atom is -0.352 e. The molecule has 3 nitrogen and oxygen atoms in total.